The van der Waals surface area contributed by atoms with Gasteiger partial charge in [0.25, 0.3) is 5.56 Å². The number of aromatic nitrogens is 1. The molecule has 0 aliphatic heterocycles. The number of nitrogens with one attached hydrogen (secondary N) is 1. The van der Waals surface area contributed by atoms with Crippen molar-refractivity contribution in [3.63, 3.8) is 0 Å². The molecule has 0 bridgehead atoms. The summed E-state index contributed by atoms with van der Waals surface area (Å²) in [5.74, 6) is 0.741. The van der Waals surface area contributed by atoms with Crippen LogP contribution in [0.4, 0.5) is 0 Å². The van der Waals surface area contributed by atoms with E-state index in [-0.39, 0.29) is 10.6 Å². The molecular formula is C12H10ClNO2. The lowest BCUT2D eigenvalue weighted by Crippen LogP contribution is -2.04. The number of methoxy groups -OCH3 is 1. The van der Waals surface area contributed by atoms with Crippen LogP contribution in [0.1, 0.15) is 0 Å². The third kappa shape index (κ3) is 1.95. The van der Waals surface area contributed by atoms with Gasteiger partial charge in [-0.15, -0.1) is 0 Å². The number of ether oxygens (including phenoxy) is 1. The van der Waals surface area contributed by atoms with E-state index in [9.17, 15) is 4.79 Å². The molecule has 2 rings (SSSR count). The van der Waals surface area contributed by atoms with Crippen molar-refractivity contribution in [3.05, 3.63) is 51.9 Å². The van der Waals surface area contributed by atoms with Gasteiger partial charge in [-0.3, -0.25) is 4.79 Å². The van der Waals surface area contributed by atoms with Gasteiger partial charge in [-0.05, 0) is 12.1 Å². The Morgan fingerprint density at radius 1 is 1.31 bits per heavy atom. The maximum atomic E-state index is 11.1. The summed E-state index contributed by atoms with van der Waals surface area (Å²) < 4.78 is 5.23. The Bertz CT molecular complexity index is 563. The smallest absolute Gasteiger partial charge is 0.266 e. The van der Waals surface area contributed by atoms with E-state index in [1.165, 1.54) is 0 Å². The average molecular weight is 236 g/mol. The molecule has 1 aromatic heterocycles. The summed E-state index contributed by atoms with van der Waals surface area (Å²) in [6, 6.07) is 9.17. The fourth-order valence-electron chi connectivity index (χ4n) is 1.49. The Kier molecular flexibility index (Phi) is 2.97. The standard InChI is InChI=1S/C12H10ClNO2/c1-16-11-5-3-2-4-9(11)8-6-10(13)12(15)14-7-8/h2-7H,1H3,(H,14,15). The van der Waals surface area contributed by atoms with Crippen LogP contribution in [0, 0.1) is 0 Å². The first-order valence-electron chi connectivity index (χ1n) is 4.74. The van der Waals surface area contributed by atoms with Gasteiger partial charge in [0, 0.05) is 17.3 Å². The van der Waals surface area contributed by atoms with E-state index in [2.05, 4.69) is 4.98 Å². The van der Waals surface area contributed by atoms with Crippen molar-refractivity contribution in [1.29, 1.82) is 0 Å². The van der Waals surface area contributed by atoms with E-state index in [1.807, 2.05) is 24.3 Å². The van der Waals surface area contributed by atoms with E-state index >= 15 is 0 Å². The zero-order valence-corrected chi connectivity index (χ0v) is 9.41. The van der Waals surface area contributed by atoms with Crippen molar-refractivity contribution >= 4 is 11.6 Å². The van der Waals surface area contributed by atoms with Gasteiger partial charge in [0.2, 0.25) is 0 Å². The van der Waals surface area contributed by atoms with Gasteiger partial charge in [0.05, 0.1) is 7.11 Å². The maximum absolute atomic E-state index is 11.1. The lowest BCUT2D eigenvalue weighted by molar-refractivity contribution is 0.416. The molecule has 0 unspecified atom stereocenters. The number of aromatic amines is 1. The van der Waals surface area contributed by atoms with Crippen LogP contribution in [0.3, 0.4) is 0 Å². The molecule has 16 heavy (non-hydrogen) atoms. The largest absolute Gasteiger partial charge is 0.496 e. The number of pyridine rings is 1. The molecule has 1 heterocycles. The van der Waals surface area contributed by atoms with Crippen molar-refractivity contribution in [3.8, 4) is 16.9 Å². The molecule has 0 saturated carbocycles. The molecule has 0 amide bonds. The molecule has 0 spiro atoms. The van der Waals surface area contributed by atoms with Gasteiger partial charge in [-0.2, -0.15) is 0 Å². The molecule has 1 aromatic carbocycles. The highest BCUT2D eigenvalue weighted by molar-refractivity contribution is 6.30. The third-order valence-electron chi connectivity index (χ3n) is 2.28. The van der Waals surface area contributed by atoms with Crippen LogP contribution in [0.25, 0.3) is 11.1 Å². The molecule has 3 nitrogen and oxygen atoms in total. The molecule has 1 N–H and O–H groups in total. The van der Waals surface area contributed by atoms with E-state index in [0.717, 1.165) is 16.9 Å². The quantitative estimate of drug-likeness (QED) is 0.870. The second kappa shape index (κ2) is 4.41. The number of benzene rings is 1. The Hall–Kier alpha value is -1.74. The second-order valence-corrected chi connectivity index (χ2v) is 3.67. The first-order chi connectivity index (χ1) is 7.72. The SMILES string of the molecule is COc1ccccc1-c1c[nH]c(=O)c(Cl)c1. The number of hydrogen-bond acceptors (Lipinski definition) is 2. The summed E-state index contributed by atoms with van der Waals surface area (Å²) in [4.78, 5) is 13.7. The molecule has 0 aliphatic carbocycles. The Morgan fingerprint density at radius 2 is 2.06 bits per heavy atom. The minimum absolute atomic E-state index is 0.170. The first kappa shape index (κ1) is 10.8. The molecule has 82 valence electrons. The van der Waals surface area contributed by atoms with Crippen LogP contribution < -0.4 is 10.3 Å². The summed E-state index contributed by atoms with van der Waals surface area (Å²) in [6.45, 7) is 0. The molecule has 2 aromatic rings. The van der Waals surface area contributed by atoms with Crippen LogP contribution >= 0.6 is 11.6 Å². The Morgan fingerprint density at radius 3 is 2.75 bits per heavy atom. The van der Waals surface area contributed by atoms with Gasteiger partial charge in [-0.25, -0.2) is 0 Å². The van der Waals surface area contributed by atoms with E-state index < -0.39 is 0 Å². The van der Waals surface area contributed by atoms with Crippen LogP contribution in [-0.4, -0.2) is 12.1 Å². The average Bonchev–Trinajstić information content (AvgIpc) is 2.32. The molecule has 0 fully saturated rings. The summed E-state index contributed by atoms with van der Waals surface area (Å²) >= 11 is 5.77. The molecule has 0 saturated heterocycles. The minimum Gasteiger partial charge on any atom is -0.496 e. The molecule has 0 radical (unpaired) electrons. The lowest BCUT2D eigenvalue weighted by Gasteiger charge is -2.07. The third-order valence-corrected chi connectivity index (χ3v) is 2.56. The number of para-hydroxylation sites is 1. The van der Waals surface area contributed by atoms with Gasteiger partial charge in [0.1, 0.15) is 10.8 Å². The van der Waals surface area contributed by atoms with Gasteiger partial charge >= 0.3 is 0 Å². The van der Waals surface area contributed by atoms with E-state index in [0.29, 0.717) is 0 Å². The highest BCUT2D eigenvalue weighted by Crippen LogP contribution is 2.29. The Balaban J connectivity index is 2.58. The fourth-order valence-corrected chi connectivity index (χ4v) is 1.67. The van der Waals surface area contributed by atoms with Crippen LogP contribution in [0.15, 0.2) is 41.3 Å². The van der Waals surface area contributed by atoms with Gasteiger partial charge in [0.15, 0.2) is 0 Å². The predicted molar refractivity (Wildman–Crippen MR) is 64.1 cm³/mol. The zero-order chi connectivity index (χ0) is 11.5. The lowest BCUT2D eigenvalue weighted by atomic mass is 10.1. The van der Waals surface area contributed by atoms with Gasteiger partial charge in [-0.1, -0.05) is 29.8 Å². The topological polar surface area (TPSA) is 42.1 Å². The van der Waals surface area contributed by atoms with Gasteiger partial charge < -0.3 is 9.72 Å². The number of hydrogen-bond donors (Lipinski definition) is 1. The van der Waals surface area contributed by atoms with Crippen LogP contribution in [0.5, 0.6) is 5.75 Å². The van der Waals surface area contributed by atoms with Crippen molar-refractivity contribution in [2.75, 3.05) is 7.11 Å². The van der Waals surface area contributed by atoms with Crippen LogP contribution in [0.2, 0.25) is 5.02 Å². The van der Waals surface area contributed by atoms with Crippen molar-refractivity contribution in [2.45, 2.75) is 0 Å². The molecule has 0 aliphatic rings. The summed E-state index contributed by atoms with van der Waals surface area (Å²) in [5, 5.41) is 0.170. The van der Waals surface area contributed by atoms with Crippen molar-refractivity contribution in [2.24, 2.45) is 0 Å². The van der Waals surface area contributed by atoms with E-state index in [4.69, 9.17) is 16.3 Å². The monoisotopic (exact) mass is 235 g/mol. The highest BCUT2D eigenvalue weighted by Gasteiger charge is 2.06. The number of halogens is 1. The highest BCUT2D eigenvalue weighted by atomic mass is 35.5. The molecule has 4 heteroatoms. The predicted octanol–water partition coefficient (Wildman–Crippen LogP) is 2.70. The van der Waals surface area contributed by atoms with Crippen molar-refractivity contribution in [1.82, 2.24) is 4.98 Å². The zero-order valence-electron chi connectivity index (χ0n) is 8.66. The summed E-state index contributed by atoms with van der Waals surface area (Å²) in [5.41, 5.74) is 1.42. The van der Waals surface area contributed by atoms with E-state index in [1.54, 1.807) is 19.4 Å². The van der Waals surface area contributed by atoms with Crippen molar-refractivity contribution < 1.29 is 4.74 Å². The van der Waals surface area contributed by atoms with Crippen LogP contribution in [-0.2, 0) is 0 Å². The fraction of sp³-hybridized carbons (Fsp3) is 0.0833. The number of H-pyrrole nitrogens is 1. The maximum Gasteiger partial charge on any atom is 0.266 e. The summed E-state index contributed by atoms with van der Waals surface area (Å²) in [6.07, 6.45) is 1.62. The minimum atomic E-state index is -0.291. The number of rotatable bonds is 2. The normalized spacial score (nSPS) is 10.1. The summed E-state index contributed by atoms with van der Waals surface area (Å²) in [7, 11) is 1.60. The molecule has 0 atom stereocenters. The Labute approximate surface area is 97.7 Å². The molecular weight excluding hydrogens is 226 g/mol. The first-order valence-corrected chi connectivity index (χ1v) is 5.12. The second-order valence-electron chi connectivity index (χ2n) is 3.27.